The fourth-order valence-electron chi connectivity index (χ4n) is 3.07. The summed E-state index contributed by atoms with van der Waals surface area (Å²) in [6.07, 6.45) is 5.05. The van der Waals surface area contributed by atoms with Crippen molar-refractivity contribution < 1.29 is 9.90 Å². The van der Waals surface area contributed by atoms with E-state index in [0.717, 1.165) is 38.6 Å². The Kier molecular flexibility index (Phi) is 5.05. The van der Waals surface area contributed by atoms with Crippen LogP contribution in [0.15, 0.2) is 0 Å². The zero-order valence-electron chi connectivity index (χ0n) is 11.8. The van der Waals surface area contributed by atoms with E-state index in [2.05, 4.69) is 12.2 Å². The molecule has 0 aromatic carbocycles. The second-order valence-corrected chi connectivity index (χ2v) is 6.14. The summed E-state index contributed by atoms with van der Waals surface area (Å²) >= 11 is 0. The van der Waals surface area contributed by atoms with E-state index >= 15 is 0 Å². The number of carbonyl (C=O) groups excluding carboxylic acids is 1. The predicted molar refractivity (Wildman–Crippen MR) is 74.7 cm³/mol. The van der Waals surface area contributed by atoms with Crippen LogP contribution < -0.4 is 11.1 Å². The summed E-state index contributed by atoms with van der Waals surface area (Å²) in [5.41, 5.74) is 5.42. The lowest BCUT2D eigenvalue weighted by molar-refractivity contribution is 0.0854. The number of nitrogens with two attached hydrogens (primary N) is 1. The molecule has 0 radical (unpaired) electrons. The molecule has 1 saturated heterocycles. The summed E-state index contributed by atoms with van der Waals surface area (Å²) in [4.78, 5) is 13.1. The van der Waals surface area contributed by atoms with Gasteiger partial charge in [-0.3, -0.25) is 0 Å². The number of likely N-dealkylation sites (tertiary alicyclic amines) is 1. The Morgan fingerprint density at radius 1 is 1.47 bits per heavy atom. The first kappa shape index (κ1) is 14.6. The number of nitrogens with one attached hydrogen (secondary N) is 1. The van der Waals surface area contributed by atoms with Gasteiger partial charge >= 0.3 is 6.03 Å². The SMILES string of the molecule is CCCNC1CC(CC(O)C2CC2)CN(C(N)=O)C1. The number of nitrogens with zero attached hydrogens (tertiary/aromatic N) is 1. The van der Waals surface area contributed by atoms with Crippen molar-refractivity contribution in [2.24, 2.45) is 17.6 Å². The van der Waals surface area contributed by atoms with Crippen molar-refractivity contribution in [1.82, 2.24) is 10.2 Å². The van der Waals surface area contributed by atoms with Gasteiger partial charge in [-0.05, 0) is 50.5 Å². The van der Waals surface area contributed by atoms with E-state index in [-0.39, 0.29) is 12.1 Å². The molecule has 1 heterocycles. The summed E-state index contributed by atoms with van der Waals surface area (Å²) in [6, 6.07) is -0.0217. The van der Waals surface area contributed by atoms with Crippen LogP contribution in [0.5, 0.6) is 0 Å². The molecule has 2 aliphatic rings. The van der Waals surface area contributed by atoms with Gasteiger partial charge in [0.05, 0.1) is 6.10 Å². The molecule has 2 rings (SSSR count). The van der Waals surface area contributed by atoms with Gasteiger partial charge in [0.15, 0.2) is 0 Å². The number of primary amides is 1. The van der Waals surface area contributed by atoms with Gasteiger partial charge in [0.2, 0.25) is 0 Å². The highest BCUT2D eigenvalue weighted by Gasteiger charge is 2.35. The second kappa shape index (κ2) is 6.57. The maximum Gasteiger partial charge on any atom is 0.314 e. The summed E-state index contributed by atoms with van der Waals surface area (Å²) in [6.45, 7) is 4.50. The molecule has 110 valence electrons. The van der Waals surface area contributed by atoms with Gasteiger partial charge in [-0.25, -0.2) is 4.79 Å². The number of hydrogen-bond acceptors (Lipinski definition) is 3. The predicted octanol–water partition coefficient (Wildman–Crippen LogP) is 0.916. The van der Waals surface area contributed by atoms with Crippen molar-refractivity contribution in [3.05, 3.63) is 0 Å². The Hall–Kier alpha value is -0.810. The Labute approximate surface area is 115 Å². The third-order valence-electron chi connectivity index (χ3n) is 4.27. The first-order chi connectivity index (χ1) is 9.10. The van der Waals surface area contributed by atoms with Crippen molar-refractivity contribution in [1.29, 1.82) is 0 Å². The molecule has 2 amide bonds. The minimum absolute atomic E-state index is 0.190. The van der Waals surface area contributed by atoms with E-state index in [1.54, 1.807) is 4.90 Å². The number of carbonyl (C=O) groups is 1. The molecule has 1 aliphatic carbocycles. The smallest absolute Gasteiger partial charge is 0.314 e. The second-order valence-electron chi connectivity index (χ2n) is 6.14. The van der Waals surface area contributed by atoms with Gasteiger partial charge in [0.25, 0.3) is 0 Å². The summed E-state index contributed by atoms with van der Waals surface area (Å²) < 4.78 is 0. The minimum atomic E-state index is -0.339. The van der Waals surface area contributed by atoms with Crippen molar-refractivity contribution in [3.8, 4) is 0 Å². The molecule has 4 N–H and O–H groups in total. The minimum Gasteiger partial charge on any atom is -0.393 e. The molecule has 2 fully saturated rings. The molecule has 0 bridgehead atoms. The zero-order chi connectivity index (χ0) is 13.8. The van der Waals surface area contributed by atoms with Crippen molar-refractivity contribution in [2.75, 3.05) is 19.6 Å². The average Bonchev–Trinajstić information content (AvgIpc) is 3.20. The standard InChI is InChI=1S/C14H27N3O2/c1-2-5-16-12-6-10(7-13(18)11-3-4-11)8-17(9-12)14(15)19/h10-13,16,18H,2-9H2,1H3,(H2,15,19). The van der Waals surface area contributed by atoms with Gasteiger partial charge in [-0.1, -0.05) is 6.92 Å². The van der Waals surface area contributed by atoms with Crippen LogP contribution >= 0.6 is 0 Å². The Balaban J connectivity index is 1.87. The van der Waals surface area contributed by atoms with Gasteiger partial charge in [0.1, 0.15) is 0 Å². The van der Waals surface area contributed by atoms with E-state index < -0.39 is 0 Å². The Morgan fingerprint density at radius 2 is 2.21 bits per heavy atom. The largest absolute Gasteiger partial charge is 0.393 e. The van der Waals surface area contributed by atoms with Crippen LogP contribution in [-0.2, 0) is 0 Å². The molecule has 1 aliphatic heterocycles. The van der Waals surface area contributed by atoms with Crippen LogP contribution in [0, 0.1) is 11.8 Å². The molecular weight excluding hydrogens is 242 g/mol. The molecule has 5 heteroatoms. The monoisotopic (exact) mass is 269 g/mol. The molecule has 5 nitrogen and oxygen atoms in total. The lowest BCUT2D eigenvalue weighted by atomic mass is 9.88. The van der Waals surface area contributed by atoms with Crippen LogP contribution in [0.3, 0.4) is 0 Å². The van der Waals surface area contributed by atoms with E-state index in [1.165, 1.54) is 0 Å². The number of rotatable bonds is 6. The topological polar surface area (TPSA) is 78.6 Å². The molecule has 3 atom stereocenters. The number of amides is 2. The fourth-order valence-corrected chi connectivity index (χ4v) is 3.07. The van der Waals surface area contributed by atoms with Crippen LogP contribution in [0.1, 0.15) is 39.0 Å². The number of urea groups is 1. The first-order valence-corrected chi connectivity index (χ1v) is 7.56. The third kappa shape index (κ3) is 4.35. The van der Waals surface area contributed by atoms with E-state index in [9.17, 15) is 9.90 Å². The van der Waals surface area contributed by atoms with Gasteiger partial charge < -0.3 is 21.1 Å². The highest BCUT2D eigenvalue weighted by molar-refractivity contribution is 5.72. The highest BCUT2D eigenvalue weighted by atomic mass is 16.3. The van der Waals surface area contributed by atoms with Crippen molar-refractivity contribution in [3.63, 3.8) is 0 Å². The highest BCUT2D eigenvalue weighted by Crippen LogP contribution is 2.36. The van der Waals surface area contributed by atoms with Crippen molar-refractivity contribution >= 4 is 6.03 Å². The number of aliphatic hydroxyl groups is 1. The van der Waals surface area contributed by atoms with Crippen LogP contribution in [0.2, 0.25) is 0 Å². The van der Waals surface area contributed by atoms with E-state index in [4.69, 9.17) is 5.73 Å². The quantitative estimate of drug-likeness (QED) is 0.671. The van der Waals surface area contributed by atoms with E-state index in [0.29, 0.717) is 31.0 Å². The number of hydrogen-bond donors (Lipinski definition) is 3. The molecule has 3 unspecified atom stereocenters. The lowest BCUT2D eigenvalue weighted by Gasteiger charge is -2.38. The normalized spacial score (nSPS) is 29.3. The maximum atomic E-state index is 11.4. The summed E-state index contributed by atoms with van der Waals surface area (Å²) in [7, 11) is 0. The Bertz CT molecular complexity index is 307. The molecular formula is C14H27N3O2. The van der Waals surface area contributed by atoms with Gasteiger partial charge in [-0.15, -0.1) is 0 Å². The molecule has 1 saturated carbocycles. The number of piperidine rings is 1. The first-order valence-electron chi connectivity index (χ1n) is 7.56. The summed E-state index contributed by atoms with van der Waals surface area (Å²) in [5, 5.41) is 13.5. The van der Waals surface area contributed by atoms with Crippen LogP contribution in [-0.4, -0.2) is 47.8 Å². The lowest BCUT2D eigenvalue weighted by Crippen LogP contribution is -2.53. The molecule has 0 aromatic heterocycles. The third-order valence-corrected chi connectivity index (χ3v) is 4.27. The van der Waals surface area contributed by atoms with Crippen LogP contribution in [0.25, 0.3) is 0 Å². The maximum absolute atomic E-state index is 11.4. The fraction of sp³-hybridized carbons (Fsp3) is 0.929. The number of aliphatic hydroxyl groups excluding tert-OH is 1. The molecule has 19 heavy (non-hydrogen) atoms. The summed E-state index contributed by atoms with van der Waals surface area (Å²) in [5.74, 6) is 0.872. The van der Waals surface area contributed by atoms with Gasteiger partial charge in [0, 0.05) is 19.1 Å². The van der Waals surface area contributed by atoms with E-state index in [1.807, 2.05) is 0 Å². The molecule has 0 aromatic rings. The van der Waals surface area contributed by atoms with Crippen molar-refractivity contribution in [2.45, 2.75) is 51.2 Å². The Morgan fingerprint density at radius 3 is 2.79 bits per heavy atom. The zero-order valence-corrected chi connectivity index (χ0v) is 11.8. The average molecular weight is 269 g/mol. The van der Waals surface area contributed by atoms with Crippen LogP contribution in [0.4, 0.5) is 4.79 Å². The molecule has 0 spiro atoms. The van der Waals surface area contributed by atoms with Gasteiger partial charge in [-0.2, -0.15) is 0 Å².